The Bertz CT molecular complexity index is 1010. The summed E-state index contributed by atoms with van der Waals surface area (Å²) in [6, 6.07) is 17.8. The zero-order valence-corrected chi connectivity index (χ0v) is 16.2. The lowest BCUT2D eigenvalue weighted by Gasteiger charge is -2.10. The number of hydrogen-bond donors (Lipinski definition) is 2. The molecule has 0 aliphatic heterocycles. The van der Waals surface area contributed by atoms with Crippen LogP contribution in [0.3, 0.4) is 0 Å². The molecule has 148 valence electrons. The van der Waals surface area contributed by atoms with Crippen molar-refractivity contribution < 1.29 is 18.7 Å². The second-order valence-corrected chi connectivity index (χ2v) is 6.70. The molecule has 0 radical (unpaired) electrons. The van der Waals surface area contributed by atoms with Gasteiger partial charge in [0.25, 0.3) is 11.8 Å². The number of rotatable bonds is 6. The molecule has 6 heteroatoms. The van der Waals surface area contributed by atoms with Crippen LogP contribution in [0.25, 0.3) is 0 Å². The minimum atomic E-state index is -0.379. The van der Waals surface area contributed by atoms with Crippen LogP contribution in [0.4, 0.5) is 15.8 Å². The molecule has 0 aliphatic rings. The largest absolute Gasteiger partial charge is 0.484 e. The summed E-state index contributed by atoms with van der Waals surface area (Å²) < 4.78 is 18.5. The number of hydrogen-bond acceptors (Lipinski definition) is 3. The molecule has 2 amide bonds. The van der Waals surface area contributed by atoms with Gasteiger partial charge in [-0.3, -0.25) is 9.59 Å². The first-order chi connectivity index (χ1) is 13.9. The van der Waals surface area contributed by atoms with E-state index in [2.05, 4.69) is 10.6 Å². The van der Waals surface area contributed by atoms with Gasteiger partial charge in [0.05, 0.1) is 0 Å². The van der Waals surface area contributed by atoms with Crippen LogP contribution in [0, 0.1) is 19.7 Å². The Hall–Kier alpha value is -3.67. The Balaban J connectivity index is 1.59. The molecule has 0 spiro atoms. The van der Waals surface area contributed by atoms with Gasteiger partial charge in [-0.15, -0.1) is 0 Å². The van der Waals surface area contributed by atoms with E-state index in [1.807, 2.05) is 32.0 Å². The van der Waals surface area contributed by atoms with Crippen molar-refractivity contribution in [3.05, 3.63) is 89.2 Å². The third kappa shape index (κ3) is 5.90. The maximum atomic E-state index is 13.0. The lowest BCUT2D eigenvalue weighted by Crippen LogP contribution is -2.20. The van der Waals surface area contributed by atoms with Crippen molar-refractivity contribution in [1.82, 2.24) is 0 Å². The molecule has 3 rings (SSSR count). The number of halogens is 1. The molecule has 0 saturated heterocycles. The fourth-order valence-corrected chi connectivity index (χ4v) is 2.84. The zero-order chi connectivity index (χ0) is 20.8. The van der Waals surface area contributed by atoms with Crippen LogP contribution >= 0.6 is 0 Å². The van der Waals surface area contributed by atoms with Gasteiger partial charge >= 0.3 is 0 Å². The van der Waals surface area contributed by atoms with E-state index in [-0.39, 0.29) is 24.2 Å². The Morgan fingerprint density at radius 3 is 2.24 bits per heavy atom. The predicted octanol–water partition coefficient (Wildman–Crippen LogP) is 4.71. The van der Waals surface area contributed by atoms with Gasteiger partial charge in [-0.05, 0) is 79.6 Å². The second kappa shape index (κ2) is 9.01. The fraction of sp³-hybridized carbons (Fsp3) is 0.130. The van der Waals surface area contributed by atoms with Gasteiger partial charge in [-0.25, -0.2) is 4.39 Å². The van der Waals surface area contributed by atoms with E-state index in [9.17, 15) is 14.0 Å². The van der Waals surface area contributed by atoms with Crippen molar-refractivity contribution in [2.75, 3.05) is 17.2 Å². The molecule has 0 saturated carbocycles. The van der Waals surface area contributed by atoms with Crippen LogP contribution in [0.5, 0.6) is 5.75 Å². The minimum Gasteiger partial charge on any atom is -0.484 e. The minimum absolute atomic E-state index is 0.144. The van der Waals surface area contributed by atoms with Gasteiger partial charge in [0, 0.05) is 16.9 Å². The van der Waals surface area contributed by atoms with Crippen molar-refractivity contribution in [3.8, 4) is 5.75 Å². The third-order valence-electron chi connectivity index (χ3n) is 4.08. The SMILES string of the molecule is Cc1cc(C)cc(OCC(=O)Nc2cccc(C(=O)Nc3ccc(F)cc3)c2)c1. The molecule has 29 heavy (non-hydrogen) atoms. The predicted molar refractivity (Wildman–Crippen MR) is 111 cm³/mol. The summed E-state index contributed by atoms with van der Waals surface area (Å²) in [5.41, 5.74) is 3.43. The third-order valence-corrected chi connectivity index (χ3v) is 4.08. The summed E-state index contributed by atoms with van der Waals surface area (Å²) in [7, 11) is 0. The maximum Gasteiger partial charge on any atom is 0.262 e. The summed E-state index contributed by atoms with van der Waals surface area (Å²) in [5.74, 6) is -0.444. The molecule has 0 heterocycles. The number of ether oxygens (including phenoxy) is 1. The Kier molecular flexibility index (Phi) is 6.24. The van der Waals surface area contributed by atoms with Crippen molar-refractivity contribution in [2.45, 2.75) is 13.8 Å². The first kappa shape index (κ1) is 20.1. The molecule has 2 N–H and O–H groups in total. The molecule has 0 atom stereocenters. The fourth-order valence-electron chi connectivity index (χ4n) is 2.84. The number of benzene rings is 3. The Morgan fingerprint density at radius 2 is 1.55 bits per heavy atom. The van der Waals surface area contributed by atoms with Gasteiger partial charge in [-0.2, -0.15) is 0 Å². The lowest BCUT2D eigenvalue weighted by atomic mass is 10.1. The Labute approximate surface area is 168 Å². The van der Waals surface area contributed by atoms with Gasteiger partial charge in [0.1, 0.15) is 11.6 Å². The second-order valence-electron chi connectivity index (χ2n) is 6.70. The highest BCUT2D eigenvalue weighted by atomic mass is 19.1. The Morgan fingerprint density at radius 1 is 0.862 bits per heavy atom. The lowest BCUT2D eigenvalue weighted by molar-refractivity contribution is -0.118. The first-order valence-corrected chi connectivity index (χ1v) is 9.07. The van der Waals surface area contributed by atoms with Crippen molar-refractivity contribution in [1.29, 1.82) is 0 Å². The number of amides is 2. The summed E-state index contributed by atoms with van der Waals surface area (Å²) in [6.45, 7) is 3.78. The quantitative estimate of drug-likeness (QED) is 0.638. The highest BCUT2D eigenvalue weighted by molar-refractivity contribution is 6.05. The summed E-state index contributed by atoms with van der Waals surface area (Å²) in [6.07, 6.45) is 0. The first-order valence-electron chi connectivity index (χ1n) is 9.07. The average molecular weight is 392 g/mol. The molecular formula is C23H21FN2O3. The number of carbonyl (C=O) groups is 2. The molecule has 3 aromatic carbocycles. The monoisotopic (exact) mass is 392 g/mol. The van der Waals surface area contributed by atoms with Crippen molar-refractivity contribution in [3.63, 3.8) is 0 Å². The standard InChI is InChI=1S/C23H21FN2O3/c1-15-10-16(2)12-21(11-15)29-14-22(27)25-20-5-3-4-17(13-20)23(28)26-19-8-6-18(24)7-9-19/h3-13H,14H2,1-2H3,(H,25,27)(H,26,28). The van der Waals surface area contributed by atoms with Crippen molar-refractivity contribution in [2.24, 2.45) is 0 Å². The molecular weight excluding hydrogens is 371 g/mol. The van der Waals surface area contributed by atoms with E-state index in [1.54, 1.807) is 24.3 Å². The normalized spacial score (nSPS) is 10.3. The van der Waals surface area contributed by atoms with Gasteiger partial charge in [-0.1, -0.05) is 12.1 Å². The van der Waals surface area contributed by atoms with Crippen molar-refractivity contribution >= 4 is 23.2 Å². The van der Waals surface area contributed by atoms with Crippen LogP contribution in [-0.4, -0.2) is 18.4 Å². The van der Waals surface area contributed by atoms with E-state index in [0.29, 0.717) is 22.7 Å². The molecule has 0 unspecified atom stereocenters. The topological polar surface area (TPSA) is 67.4 Å². The molecule has 3 aromatic rings. The van der Waals surface area contributed by atoms with E-state index in [1.165, 1.54) is 24.3 Å². The van der Waals surface area contributed by atoms with Gasteiger partial charge in [0.15, 0.2) is 6.61 Å². The van der Waals surface area contributed by atoms with E-state index >= 15 is 0 Å². The number of aryl methyl sites for hydroxylation is 2. The highest BCUT2D eigenvalue weighted by Gasteiger charge is 2.09. The van der Waals surface area contributed by atoms with Gasteiger partial charge < -0.3 is 15.4 Å². The van der Waals surface area contributed by atoms with E-state index in [0.717, 1.165) is 11.1 Å². The smallest absolute Gasteiger partial charge is 0.262 e. The number of carbonyl (C=O) groups excluding carboxylic acids is 2. The summed E-state index contributed by atoms with van der Waals surface area (Å²) in [4.78, 5) is 24.6. The zero-order valence-electron chi connectivity index (χ0n) is 16.2. The van der Waals surface area contributed by atoms with E-state index in [4.69, 9.17) is 4.74 Å². The van der Waals surface area contributed by atoms with Crippen LogP contribution in [0.2, 0.25) is 0 Å². The van der Waals surface area contributed by atoms with Gasteiger partial charge in [0.2, 0.25) is 0 Å². The molecule has 5 nitrogen and oxygen atoms in total. The molecule has 0 bridgehead atoms. The van der Waals surface area contributed by atoms with Crippen LogP contribution < -0.4 is 15.4 Å². The number of anilines is 2. The maximum absolute atomic E-state index is 13.0. The highest BCUT2D eigenvalue weighted by Crippen LogP contribution is 2.17. The molecule has 0 aromatic heterocycles. The van der Waals surface area contributed by atoms with Crippen LogP contribution in [0.15, 0.2) is 66.7 Å². The van der Waals surface area contributed by atoms with E-state index < -0.39 is 0 Å². The molecule has 0 aliphatic carbocycles. The summed E-state index contributed by atoms with van der Waals surface area (Å²) >= 11 is 0. The summed E-state index contributed by atoms with van der Waals surface area (Å²) in [5, 5.41) is 5.39. The van der Waals surface area contributed by atoms with Crippen LogP contribution in [0.1, 0.15) is 21.5 Å². The molecule has 0 fully saturated rings. The average Bonchev–Trinajstić information content (AvgIpc) is 2.68. The number of nitrogens with one attached hydrogen (secondary N) is 2. The van der Waals surface area contributed by atoms with Crippen LogP contribution in [-0.2, 0) is 4.79 Å².